The number of carboxylic acid groups (broad SMARTS) is 1. The second kappa shape index (κ2) is 3.88. The van der Waals surface area contributed by atoms with E-state index in [-0.39, 0.29) is 5.60 Å². The highest BCUT2D eigenvalue weighted by atomic mass is 16.5. The van der Waals surface area contributed by atoms with Crippen LogP contribution in [0.1, 0.15) is 48.2 Å². The van der Waals surface area contributed by atoms with Gasteiger partial charge in [-0.05, 0) is 18.9 Å². The molecule has 1 aromatic rings. The van der Waals surface area contributed by atoms with Gasteiger partial charge in [-0.3, -0.25) is 0 Å². The van der Waals surface area contributed by atoms with Crippen LogP contribution in [0.25, 0.3) is 0 Å². The first-order valence-corrected chi connectivity index (χ1v) is 6.29. The van der Waals surface area contributed by atoms with Gasteiger partial charge < -0.3 is 14.4 Å². The molecule has 3 rings (SSSR count). The van der Waals surface area contributed by atoms with Crippen LogP contribution in [-0.2, 0) is 16.9 Å². The van der Waals surface area contributed by atoms with E-state index in [9.17, 15) is 4.79 Å². The maximum atomic E-state index is 11.0. The summed E-state index contributed by atoms with van der Waals surface area (Å²) in [4.78, 5) is 11.0. The summed E-state index contributed by atoms with van der Waals surface area (Å²) in [5.74, 6) is -0.849. The van der Waals surface area contributed by atoms with Crippen LogP contribution in [0.3, 0.4) is 0 Å². The van der Waals surface area contributed by atoms with E-state index in [0.717, 1.165) is 25.1 Å². The number of aromatic nitrogens is 1. The number of carboxylic acids is 1. The van der Waals surface area contributed by atoms with E-state index in [4.69, 9.17) is 9.84 Å². The zero-order chi connectivity index (χ0) is 11.9. The second-order valence-corrected chi connectivity index (χ2v) is 5.02. The van der Waals surface area contributed by atoms with E-state index in [1.807, 2.05) is 0 Å². The molecule has 1 N–H and O–H groups in total. The van der Waals surface area contributed by atoms with Crippen molar-refractivity contribution in [2.45, 2.75) is 44.2 Å². The minimum absolute atomic E-state index is 0.204. The Balaban J connectivity index is 2.03. The third-order valence-corrected chi connectivity index (χ3v) is 3.98. The van der Waals surface area contributed by atoms with Gasteiger partial charge in [-0.2, -0.15) is 0 Å². The molecule has 0 amide bonds. The van der Waals surface area contributed by atoms with Crippen LogP contribution in [0.5, 0.6) is 0 Å². The average Bonchev–Trinajstić information content (AvgIpc) is 2.76. The molecular weight excluding hydrogens is 218 g/mol. The van der Waals surface area contributed by atoms with Crippen LogP contribution < -0.4 is 0 Å². The third kappa shape index (κ3) is 1.67. The predicted octanol–water partition coefficient (Wildman–Crippen LogP) is 2.38. The Kier molecular flexibility index (Phi) is 2.47. The number of aromatic carboxylic acids is 1. The normalized spacial score (nSPS) is 22.4. The van der Waals surface area contributed by atoms with Gasteiger partial charge in [0.05, 0.1) is 17.9 Å². The lowest BCUT2D eigenvalue weighted by molar-refractivity contribution is -0.100. The Morgan fingerprint density at radius 3 is 2.82 bits per heavy atom. The van der Waals surface area contributed by atoms with Gasteiger partial charge in [0.15, 0.2) is 0 Å². The fourth-order valence-corrected chi connectivity index (χ4v) is 3.14. The SMILES string of the molecule is O=C(O)c1cc2n(c1)CCOC21CCCCC1. The summed E-state index contributed by atoms with van der Waals surface area (Å²) >= 11 is 0. The van der Waals surface area contributed by atoms with Gasteiger partial charge >= 0.3 is 5.97 Å². The Labute approximate surface area is 100 Å². The van der Waals surface area contributed by atoms with E-state index >= 15 is 0 Å². The minimum atomic E-state index is -0.849. The third-order valence-electron chi connectivity index (χ3n) is 3.98. The molecule has 0 radical (unpaired) electrons. The molecule has 4 nitrogen and oxygen atoms in total. The lowest BCUT2D eigenvalue weighted by atomic mass is 9.81. The zero-order valence-corrected chi connectivity index (χ0v) is 9.82. The number of carbonyl (C=O) groups is 1. The molecule has 1 aliphatic carbocycles. The first-order chi connectivity index (χ1) is 8.21. The van der Waals surface area contributed by atoms with Crippen LogP contribution in [0.15, 0.2) is 12.3 Å². The van der Waals surface area contributed by atoms with Crippen molar-refractivity contribution in [3.8, 4) is 0 Å². The molecule has 17 heavy (non-hydrogen) atoms. The van der Waals surface area contributed by atoms with Crippen molar-refractivity contribution >= 4 is 5.97 Å². The molecule has 0 atom stereocenters. The predicted molar refractivity (Wildman–Crippen MR) is 62.1 cm³/mol. The number of ether oxygens (including phenoxy) is 1. The quantitative estimate of drug-likeness (QED) is 0.813. The first kappa shape index (κ1) is 10.8. The maximum Gasteiger partial charge on any atom is 0.337 e. The van der Waals surface area contributed by atoms with Crippen LogP contribution in [0.4, 0.5) is 0 Å². The van der Waals surface area contributed by atoms with Crippen molar-refractivity contribution < 1.29 is 14.6 Å². The summed E-state index contributed by atoms with van der Waals surface area (Å²) in [5.41, 5.74) is 1.25. The zero-order valence-electron chi connectivity index (χ0n) is 9.82. The largest absolute Gasteiger partial charge is 0.478 e. The summed E-state index contributed by atoms with van der Waals surface area (Å²) in [6.07, 6.45) is 7.40. The molecule has 92 valence electrons. The summed E-state index contributed by atoms with van der Waals surface area (Å²) < 4.78 is 8.08. The van der Waals surface area contributed by atoms with Gasteiger partial charge in [-0.1, -0.05) is 19.3 Å². The number of fused-ring (bicyclic) bond motifs is 2. The highest BCUT2D eigenvalue weighted by Crippen LogP contribution is 2.42. The Bertz CT molecular complexity index is 444. The number of hydrogen-bond donors (Lipinski definition) is 1. The molecule has 1 saturated carbocycles. The Morgan fingerprint density at radius 2 is 2.12 bits per heavy atom. The van der Waals surface area contributed by atoms with Crippen molar-refractivity contribution in [2.24, 2.45) is 0 Å². The van der Waals surface area contributed by atoms with E-state index < -0.39 is 5.97 Å². The molecule has 1 spiro atoms. The topological polar surface area (TPSA) is 51.5 Å². The molecule has 2 aliphatic rings. The standard InChI is InChI=1S/C13H17NO3/c15-12(16)10-8-11-13(4-2-1-3-5-13)17-7-6-14(11)9-10/h8-9H,1-7H2,(H,15,16). The van der Waals surface area contributed by atoms with Gasteiger partial charge in [0, 0.05) is 12.7 Å². The summed E-state index contributed by atoms with van der Waals surface area (Å²) in [6.45, 7) is 1.46. The number of nitrogens with zero attached hydrogens (tertiary/aromatic N) is 1. The van der Waals surface area contributed by atoms with Gasteiger partial charge in [-0.25, -0.2) is 4.79 Å². The molecular formula is C13H17NO3. The lowest BCUT2D eigenvalue weighted by Crippen LogP contribution is -2.39. The van der Waals surface area contributed by atoms with E-state index in [1.54, 1.807) is 12.3 Å². The maximum absolute atomic E-state index is 11.0. The van der Waals surface area contributed by atoms with Crippen molar-refractivity contribution in [1.82, 2.24) is 4.57 Å². The monoisotopic (exact) mass is 235 g/mol. The smallest absolute Gasteiger partial charge is 0.337 e. The summed E-state index contributed by atoms with van der Waals surface area (Å²) in [7, 11) is 0. The first-order valence-electron chi connectivity index (χ1n) is 6.29. The van der Waals surface area contributed by atoms with Crippen LogP contribution >= 0.6 is 0 Å². The van der Waals surface area contributed by atoms with Crippen LogP contribution in [0.2, 0.25) is 0 Å². The number of rotatable bonds is 1. The highest BCUT2D eigenvalue weighted by Gasteiger charge is 2.40. The molecule has 1 aromatic heterocycles. The van der Waals surface area contributed by atoms with Crippen molar-refractivity contribution in [1.29, 1.82) is 0 Å². The van der Waals surface area contributed by atoms with Crippen molar-refractivity contribution in [2.75, 3.05) is 6.61 Å². The van der Waals surface area contributed by atoms with Gasteiger partial charge in [-0.15, -0.1) is 0 Å². The van der Waals surface area contributed by atoms with E-state index in [2.05, 4.69) is 4.57 Å². The van der Waals surface area contributed by atoms with Crippen LogP contribution in [0, 0.1) is 0 Å². The van der Waals surface area contributed by atoms with Crippen LogP contribution in [-0.4, -0.2) is 22.2 Å². The van der Waals surface area contributed by atoms with Gasteiger partial charge in [0.25, 0.3) is 0 Å². The molecule has 0 bridgehead atoms. The summed E-state index contributed by atoms with van der Waals surface area (Å²) in [6, 6.07) is 1.80. The molecule has 1 fully saturated rings. The average molecular weight is 235 g/mol. The number of hydrogen-bond acceptors (Lipinski definition) is 2. The lowest BCUT2D eigenvalue weighted by Gasteiger charge is -2.41. The van der Waals surface area contributed by atoms with Crippen molar-refractivity contribution in [3.05, 3.63) is 23.5 Å². The molecule has 1 aliphatic heterocycles. The van der Waals surface area contributed by atoms with Gasteiger partial charge in [0.2, 0.25) is 0 Å². The Hall–Kier alpha value is -1.29. The minimum Gasteiger partial charge on any atom is -0.478 e. The van der Waals surface area contributed by atoms with Crippen molar-refractivity contribution in [3.63, 3.8) is 0 Å². The second-order valence-electron chi connectivity index (χ2n) is 5.02. The molecule has 0 unspecified atom stereocenters. The highest BCUT2D eigenvalue weighted by molar-refractivity contribution is 5.87. The Morgan fingerprint density at radius 1 is 1.35 bits per heavy atom. The van der Waals surface area contributed by atoms with Gasteiger partial charge in [0.1, 0.15) is 5.60 Å². The fraction of sp³-hybridized carbons (Fsp3) is 0.615. The molecule has 0 aromatic carbocycles. The molecule has 4 heteroatoms. The molecule has 2 heterocycles. The summed E-state index contributed by atoms with van der Waals surface area (Å²) in [5, 5.41) is 9.07. The van der Waals surface area contributed by atoms with E-state index in [1.165, 1.54) is 19.3 Å². The fourth-order valence-electron chi connectivity index (χ4n) is 3.14. The van der Waals surface area contributed by atoms with E-state index in [0.29, 0.717) is 12.2 Å². The molecule has 0 saturated heterocycles.